The van der Waals surface area contributed by atoms with Gasteiger partial charge in [-0.05, 0) is 35.9 Å². The van der Waals surface area contributed by atoms with Crippen molar-refractivity contribution in [2.24, 2.45) is 0 Å². The van der Waals surface area contributed by atoms with Gasteiger partial charge in [0.25, 0.3) is 11.8 Å². The highest BCUT2D eigenvalue weighted by Crippen LogP contribution is 2.32. The number of aromatic nitrogens is 1. The van der Waals surface area contributed by atoms with Crippen LogP contribution in [-0.4, -0.2) is 27.3 Å². The lowest BCUT2D eigenvalue weighted by molar-refractivity contribution is -0.141. The van der Waals surface area contributed by atoms with E-state index in [-0.39, 0.29) is 28.1 Å². The number of alkyl halides is 3. The molecule has 11 heteroatoms. The van der Waals surface area contributed by atoms with Gasteiger partial charge in [-0.3, -0.25) is 18.8 Å². The molecule has 0 aliphatic carbocycles. The van der Waals surface area contributed by atoms with Crippen LogP contribution >= 0.6 is 0 Å². The fraction of sp³-hybridized carbons (Fsp3) is 0.211. The normalized spacial score (nSPS) is 18.0. The van der Waals surface area contributed by atoms with E-state index in [2.05, 4.69) is 15.6 Å². The van der Waals surface area contributed by atoms with E-state index < -0.39 is 46.3 Å². The van der Waals surface area contributed by atoms with E-state index in [0.717, 1.165) is 24.4 Å². The van der Waals surface area contributed by atoms with Crippen LogP contribution in [0.4, 0.5) is 23.2 Å². The number of nitrogens with zero attached hydrogens (tertiary/aromatic N) is 1. The van der Waals surface area contributed by atoms with Gasteiger partial charge in [-0.1, -0.05) is 6.07 Å². The van der Waals surface area contributed by atoms with Gasteiger partial charge in [0, 0.05) is 40.3 Å². The molecule has 2 N–H and O–H groups in total. The summed E-state index contributed by atoms with van der Waals surface area (Å²) in [6.07, 6.45) is -2.38. The van der Waals surface area contributed by atoms with Crippen molar-refractivity contribution in [3.05, 3.63) is 70.1 Å². The highest BCUT2D eigenvalue weighted by atomic mass is 32.2. The lowest BCUT2D eigenvalue weighted by Gasteiger charge is -2.27. The second-order valence-electron chi connectivity index (χ2n) is 6.42. The molecular formula is C19H15F4N3O3S. The minimum Gasteiger partial charge on any atom is -0.345 e. The number of hydrogen-bond acceptors (Lipinski definition) is 4. The third kappa shape index (κ3) is 4.73. The first-order chi connectivity index (χ1) is 14.1. The predicted octanol–water partition coefficient (Wildman–Crippen LogP) is 3.07. The Balaban J connectivity index is 1.87. The summed E-state index contributed by atoms with van der Waals surface area (Å²) in [5.41, 5.74) is -0.923. The number of pyridine rings is 1. The quantitative estimate of drug-likeness (QED) is 0.564. The number of rotatable bonds is 4. The Morgan fingerprint density at radius 3 is 2.40 bits per heavy atom. The molecule has 0 saturated carbocycles. The summed E-state index contributed by atoms with van der Waals surface area (Å²) >= 11 is 0. The van der Waals surface area contributed by atoms with Crippen LogP contribution in [0, 0.1) is 5.82 Å². The Morgan fingerprint density at radius 1 is 1.20 bits per heavy atom. The van der Waals surface area contributed by atoms with E-state index in [0.29, 0.717) is 0 Å². The van der Waals surface area contributed by atoms with Crippen LogP contribution in [0.1, 0.15) is 23.7 Å². The second kappa shape index (κ2) is 8.34. The molecule has 0 bridgehead atoms. The lowest BCUT2D eigenvalue weighted by atomic mass is 9.98. The van der Waals surface area contributed by atoms with E-state index >= 15 is 0 Å². The lowest BCUT2D eigenvalue weighted by Crippen LogP contribution is -2.40. The number of carbonyl (C=O) groups is 2. The molecule has 1 aliphatic rings. The first-order valence-electron chi connectivity index (χ1n) is 8.53. The van der Waals surface area contributed by atoms with Crippen molar-refractivity contribution in [2.45, 2.75) is 18.6 Å². The van der Waals surface area contributed by atoms with Gasteiger partial charge in [0.05, 0.1) is 6.04 Å². The van der Waals surface area contributed by atoms with E-state index in [1.807, 2.05) is 0 Å². The Hall–Kier alpha value is -3.08. The maximum Gasteiger partial charge on any atom is 0.433 e. The van der Waals surface area contributed by atoms with Crippen LogP contribution in [0.25, 0.3) is 0 Å². The Bertz CT molecular complexity index is 1030. The molecule has 2 unspecified atom stereocenters. The highest BCUT2D eigenvalue weighted by Gasteiger charge is 2.35. The fourth-order valence-electron chi connectivity index (χ4n) is 2.89. The Kier molecular flexibility index (Phi) is 6.01. The first-order valence-corrected chi connectivity index (χ1v) is 10.1. The molecule has 158 valence electrons. The monoisotopic (exact) mass is 441 g/mol. The zero-order valence-electron chi connectivity index (χ0n) is 15.4. The molecule has 0 spiro atoms. The SMILES string of the molecule is CS(=O)C1=C(C(=O)Nc2ccc(F)cc2)C(=O)NC(c2ccc(C(F)(F)F)nc2)C1. The molecule has 3 rings (SSSR count). The molecule has 0 saturated heterocycles. The standard InChI is InChI=1S/C19H15F4N3O3S/c1-30(29)14-8-13(10-2-7-15(24-9-10)19(21,22)23)26-18(28)16(14)17(27)25-12-5-3-11(20)4-6-12/h2-7,9,13H,8H2,1H3,(H,25,27)(H,26,28). The topological polar surface area (TPSA) is 88.2 Å². The first kappa shape index (κ1) is 21.6. The second-order valence-corrected chi connectivity index (χ2v) is 7.82. The van der Waals surface area contributed by atoms with Crippen LogP contribution < -0.4 is 10.6 Å². The maximum absolute atomic E-state index is 13.0. The molecule has 0 fully saturated rings. The summed E-state index contributed by atoms with van der Waals surface area (Å²) in [4.78, 5) is 28.6. The van der Waals surface area contributed by atoms with Crippen molar-refractivity contribution in [3.63, 3.8) is 0 Å². The van der Waals surface area contributed by atoms with Crippen LogP contribution in [0.15, 0.2) is 53.1 Å². The molecule has 2 heterocycles. The average Bonchev–Trinajstić information content (AvgIpc) is 2.68. The van der Waals surface area contributed by atoms with Gasteiger partial charge in [-0.15, -0.1) is 0 Å². The number of hydrogen-bond donors (Lipinski definition) is 2. The minimum absolute atomic E-state index is 0.0447. The van der Waals surface area contributed by atoms with Gasteiger partial charge in [0.2, 0.25) is 0 Å². The average molecular weight is 441 g/mol. The number of amides is 2. The molecule has 2 amide bonds. The molecule has 1 aromatic heterocycles. The van der Waals surface area contributed by atoms with E-state index in [1.165, 1.54) is 24.5 Å². The molecular weight excluding hydrogens is 426 g/mol. The number of benzene rings is 1. The zero-order valence-corrected chi connectivity index (χ0v) is 16.2. The summed E-state index contributed by atoms with van der Waals surface area (Å²) in [5.74, 6) is -2.16. The van der Waals surface area contributed by atoms with Gasteiger partial charge in [-0.2, -0.15) is 13.2 Å². The number of anilines is 1. The fourth-order valence-corrected chi connectivity index (χ4v) is 3.77. The van der Waals surface area contributed by atoms with Gasteiger partial charge in [0.15, 0.2) is 0 Å². The van der Waals surface area contributed by atoms with E-state index in [4.69, 9.17) is 0 Å². The summed E-state index contributed by atoms with van der Waals surface area (Å²) in [6.45, 7) is 0. The number of halogens is 4. The van der Waals surface area contributed by atoms with Gasteiger partial charge >= 0.3 is 6.18 Å². The molecule has 2 atom stereocenters. The van der Waals surface area contributed by atoms with Crippen molar-refractivity contribution in [1.29, 1.82) is 0 Å². The minimum atomic E-state index is -4.60. The maximum atomic E-state index is 13.0. The van der Waals surface area contributed by atoms with Gasteiger partial charge in [0.1, 0.15) is 17.1 Å². The molecule has 30 heavy (non-hydrogen) atoms. The summed E-state index contributed by atoms with van der Waals surface area (Å²) in [6, 6.07) is 6.00. The van der Waals surface area contributed by atoms with Crippen molar-refractivity contribution in [1.82, 2.24) is 10.3 Å². The Morgan fingerprint density at radius 2 is 1.87 bits per heavy atom. The van der Waals surface area contributed by atoms with Crippen molar-refractivity contribution in [2.75, 3.05) is 11.6 Å². The highest BCUT2D eigenvalue weighted by molar-refractivity contribution is 7.88. The predicted molar refractivity (Wildman–Crippen MR) is 101 cm³/mol. The van der Waals surface area contributed by atoms with Crippen molar-refractivity contribution < 1.29 is 31.4 Å². The van der Waals surface area contributed by atoms with Gasteiger partial charge < -0.3 is 10.6 Å². The molecule has 1 aliphatic heterocycles. The van der Waals surface area contributed by atoms with Crippen LogP contribution in [-0.2, 0) is 26.6 Å². The van der Waals surface area contributed by atoms with E-state index in [9.17, 15) is 31.4 Å². The smallest absolute Gasteiger partial charge is 0.345 e. The largest absolute Gasteiger partial charge is 0.433 e. The van der Waals surface area contributed by atoms with Crippen LogP contribution in [0.3, 0.4) is 0 Å². The molecule has 6 nitrogen and oxygen atoms in total. The molecule has 2 aromatic rings. The van der Waals surface area contributed by atoms with Crippen molar-refractivity contribution >= 4 is 28.3 Å². The van der Waals surface area contributed by atoms with Gasteiger partial charge in [-0.25, -0.2) is 4.39 Å². The van der Waals surface area contributed by atoms with Crippen LogP contribution in [0.2, 0.25) is 0 Å². The van der Waals surface area contributed by atoms with Crippen LogP contribution in [0.5, 0.6) is 0 Å². The Labute approximate surface area is 170 Å². The molecule has 1 aromatic carbocycles. The number of nitrogens with one attached hydrogen (secondary N) is 2. The summed E-state index contributed by atoms with van der Waals surface area (Å²) < 4.78 is 63.3. The number of carbonyl (C=O) groups excluding carboxylic acids is 2. The third-order valence-electron chi connectivity index (χ3n) is 4.36. The summed E-state index contributed by atoms with van der Waals surface area (Å²) in [7, 11) is -1.70. The zero-order chi connectivity index (χ0) is 22.1. The van der Waals surface area contributed by atoms with Crippen molar-refractivity contribution in [3.8, 4) is 0 Å². The third-order valence-corrected chi connectivity index (χ3v) is 5.42. The summed E-state index contributed by atoms with van der Waals surface area (Å²) in [5, 5.41) is 4.96. The van der Waals surface area contributed by atoms with E-state index in [1.54, 1.807) is 0 Å². The molecule has 0 radical (unpaired) electrons.